The second kappa shape index (κ2) is 6.28. The maximum absolute atomic E-state index is 11.9. The van der Waals surface area contributed by atoms with Gasteiger partial charge in [-0.2, -0.15) is 0 Å². The molecule has 1 aromatic rings. The number of benzene rings is 1. The average Bonchev–Trinajstić information content (AvgIpc) is 2.28. The van der Waals surface area contributed by atoms with E-state index in [-0.39, 0.29) is 11.9 Å². The molecule has 0 heterocycles. The predicted octanol–water partition coefficient (Wildman–Crippen LogP) is 1.72. The number of carbonyl (C=O) groups is 1. The zero-order valence-corrected chi connectivity index (χ0v) is 9.99. The van der Waals surface area contributed by atoms with E-state index < -0.39 is 0 Å². The van der Waals surface area contributed by atoms with Gasteiger partial charge in [0.25, 0.3) is 5.91 Å². The maximum Gasteiger partial charge on any atom is 0.251 e. The summed E-state index contributed by atoms with van der Waals surface area (Å²) in [5, 5.41) is 2.89. The van der Waals surface area contributed by atoms with Crippen LogP contribution in [0.1, 0.15) is 36.2 Å². The second-order valence-corrected chi connectivity index (χ2v) is 4.03. The highest BCUT2D eigenvalue weighted by molar-refractivity contribution is 5.95. The molecule has 0 aromatic heterocycles. The first kappa shape index (κ1) is 12.7. The maximum atomic E-state index is 11.9. The highest BCUT2D eigenvalue weighted by atomic mass is 16.1. The average molecular weight is 220 g/mol. The lowest BCUT2D eigenvalue weighted by atomic mass is 10.0. The number of hydrogen-bond donors (Lipinski definition) is 2. The van der Waals surface area contributed by atoms with Gasteiger partial charge in [-0.05, 0) is 31.4 Å². The predicted molar refractivity (Wildman–Crippen MR) is 66.4 cm³/mol. The summed E-state index contributed by atoms with van der Waals surface area (Å²) >= 11 is 0. The van der Waals surface area contributed by atoms with Crippen LogP contribution < -0.4 is 11.1 Å². The lowest BCUT2D eigenvalue weighted by Gasteiger charge is -2.09. The number of amides is 1. The fourth-order valence-corrected chi connectivity index (χ4v) is 1.56. The molecule has 1 aromatic carbocycles. The van der Waals surface area contributed by atoms with Crippen molar-refractivity contribution < 1.29 is 4.79 Å². The summed E-state index contributed by atoms with van der Waals surface area (Å²) < 4.78 is 0. The third-order valence-corrected chi connectivity index (χ3v) is 2.53. The molecule has 16 heavy (non-hydrogen) atoms. The molecule has 0 saturated carbocycles. The summed E-state index contributed by atoms with van der Waals surface area (Å²) in [5.74, 6) is -0.00176. The largest absolute Gasteiger partial charge is 0.352 e. The van der Waals surface area contributed by atoms with E-state index in [9.17, 15) is 4.79 Å². The van der Waals surface area contributed by atoms with Crippen molar-refractivity contribution in [3.05, 3.63) is 35.4 Å². The monoisotopic (exact) mass is 220 g/mol. The molecule has 3 nitrogen and oxygen atoms in total. The molecule has 88 valence electrons. The number of carbonyl (C=O) groups excluding carboxylic acids is 1. The van der Waals surface area contributed by atoms with Crippen LogP contribution in [0.5, 0.6) is 0 Å². The highest BCUT2D eigenvalue weighted by Crippen LogP contribution is 2.08. The molecule has 0 radical (unpaired) electrons. The van der Waals surface area contributed by atoms with Gasteiger partial charge in [0.05, 0.1) is 0 Å². The minimum atomic E-state index is -0.00176. The lowest BCUT2D eigenvalue weighted by Crippen LogP contribution is -2.29. The standard InChI is InChI=1S/C13H20N2O/c1-3-11-6-4-5-7-12(11)13(16)15-9-8-10(2)14/h4-7,10H,3,8-9,14H2,1-2H3,(H,15,16). The van der Waals surface area contributed by atoms with Gasteiger partial charge in [-0.25, -0.2) is 0 Å². The first-order chi connectivity index (χ1) is 7.65. The van der Waals surface area contributed by atoms with E-state index in [0.717, 1.165) is 24.0 Å². The summed E-state index contributed by atoms with van der Waals surface area (Å²) in [6.07, 6.45) is 1.68. The van der Waals surface area contributed by atoms with E-state index in [1.165, 1.54) is 0 Å². The van der Waals surface area contributed by atoms with Crippen LogP contribution in [-0.4, -0.2) is 18.5 Å². The number of aryl methyl sites for hydroxylation is 1. The van der Waals surface area contributed by atoms with Crippen LogP contribution in [0.2, 0.25) is 0 Å². The fourth-order valence-electron chi connectivity index (χ4n) is 1.56. The summed E-state index contributed by atoms with van der Waals surface area (Å²) in [7, 11) is 0. The van der Waals surface area contributed by atoms with E-state index in [1.54, 1.807) is 0 Å². The Morgan fingerprint density at radius 1 is 1.44 bits per heavy atom. The quantitative estimate of drug-likeness (QED) is 0.793. The summed E-state index contributed by atoms with van der Waals surface area (Å²) in [5.41, 5.74) is 7.48. The molecule has 0 aliphatic heterocycles. The van der Waals surface area contributed by atoms with Crippen LogP contribution in [0, 0.1) is 0 Å². The molecule has 1 atom stereocenters. The van der Waals surface area contributed by atoms with Crippen LogP contribution in [0.25, 0.3) is 0 Å². The number of nitrogens with two attached hydrogens (primary N) is 1. The summed E-state index contributed by atoms with van der Waals surface area (Å²) in [6.45, 7) is 4.62. The van der Waals surface area contributed by atoms with Crippen molar-refractivity contribution in [1.29, 1.82) is 0 Å². The van der Waals surface area contributed by atoms with Crippen LogP contribution in [0.3, 0.4) is 0 Å². The third kappa shape index (κ3) is 3.66. The van der Waals surface area contributed by atoms with Crippen molar-refractivity contribution in [1.82, 2.24) is 5.32 Å². The SMILES string of the molecule is CCc1ccccc1C(=O)NCCC(C)N. The van der Waals surface area contributed by atoms with Gasteiger partial charge in [0.2, 0.25) is 0 Å². The van der Waals surface area contributed by atoms with E-state index in [1.807, 2.05) is 38.1 Å². The Morgan fingerprint density at radius 3 is 2.75 bits per heavy atom. The van der Waals surface area contributed by atoms with Crippen molar-refractivity contribution in [2.45, 2.75) is 32.7 Å². The minimum Gasteiger partial charge on any atom is -0.352 e. The van der Waals surface area contributed by atoms with E-state index in [4.69, 9.17) is 5.73 Å². The lowest BCUT2D eigenvalue weighted by molar-refractivity contribution is 0.0952. The minimum absolute atomic E-state index is 0.00176. The second-order valence-electron chi connectivity index (χ2n) is 4.03. The molecule has 0 aliphatic carbocycles. The molecular formula is C13H20N2O. The molecule has 1 amide bonds. The Balaban J connectivity index is 2.59. The van der Waals surface area contributed by atoms with Gasteiger partial charge in [0.15, 0.2) is 0 Å². The molecule has 0 bridgehead atoms. The molecule has 1 unspecified atom stereocenters. The van der Waals surface area contributed by atoms with Crippen LogP contribution in [-0.2, 0) is 6.42 Å². The first-order valence-corrected chi connectivity index (χ1v) is 5.76. The summed E-state index contributed by atoms with van der Waals surface area (Å²) in [4.78, 5) is 11.9. The Kier molecular flexibility index (Phi) is 4.99. The van der Waals surface area contributed by atoms with E-state index in [2.05, 4.69) is 5.32 Å². The normalized spacial score (nSPS) is 12.2. The molecule has 0 saturated heterocycles. The van der Waals surface area contributed by atoms with Gasteiger partial charge in [-0.1, -0.05) is 25.1 Å². The Bertz CT molecular complexity index is 348. The highest BCUT2D eigenvalue weighted by Gasteiger charge is 2.08. The molecule has 3 heteroatoms. The van der Waals surface area contributed by atoms with Crippen molar-refractivity contribution in [3.8, 4) is 0 Å². The van der Waals surface area contributed by atoms with Gasteiger partial charge < -0.3 is 11.1 Å². The van der Waals surface area contributed by atoms with E-state index in [0.29, 0.717) is 6.54 Å². The van der Waals surface area contributed by atoms with Gasteiger partial charge in [0, 0.05) is 18.2 Å². The molecule has 3 N–H and O–H groups in total. The van der Waals surface area contributed by atoms with Crippen LogP contribution >= 0.6 is 0 Å². The molecule has 0 spiro atoms. The Labute approximate surface area is 97.0 Å². The van der Waals surface area contributed by atoms with Gasteiger partial charge in [-0.3, -0.25) is 4.79 Å². The van der Waals surface area contributed by atoms with Crippen LogP contribution in [0.15, 0.2) is 24.3 Å². The van der Waals surface area contributed by atoms with E-state index >= 15 is 0 Å². The zero-order chi connectivity index (χ0) is 12.0. The van der Waals surface area contributed by atoms with Gasteiger partial charge in [0.1, 0.15) is 0 Å². The zero-order valence-electron chi connectivity index (χ0n) is 9.99. The molecular weight excluding hydrogens is 200 g/mol. The number of nitrogens with one attached hydrogen (secondary N) is 1. The fraction of sp³-hybridized carbons (Fsp3) is 0.462. The van der Waals surface area contributed by atoms with Gasteiger partial charge in [-0.15, -0.1) is 0 Å². The number of hydrogen-bond acceptors (Lipinski definition) is 2. The summed E-state index contributed by atoms with van der Waals surface area (Å²) in [6, 6.07) is 7.82. The topological polar surface area (TPSA) is 55.1 Å². The van der Waals surface area contributed by atoms with Gasteiger partial charge >= 0.3 is 0 Å². The number of rotatable bonds is 5. The van der Waals surface area contributed by atoms with Crippen molar-refractivity contribution in [2.24, 2.45) is 5.73 Å². The molecule has 0 fully saturated rings. The van der Waals surface area contributed by atoms with Crippen LogP contribution in [0.4, 0.5) is 0 Å². The first-order valence-electron chi connectivity index (χ1n) is 5.76. The smallest absolute Gasteiger partial charge is 0.251 e. The van der Waals surface area contributed by atoms with Crippen molar-refractivity contribution in [3.63, 3.8) is 0 Å². The van der Waals surface area contributed by atoms with Crippen molar-refractivity contribution >= 4 is 5.91 Å². The molecule has 1 rings (SSSR count). The van der Waals surface area contributed by atoms with Crippen molar-refractivity contribution in [2.75, 3.05) is 6.54 Å². The Hall–Kier alpha value is -1.35. The third-order valence-electron chi connectivity index (χ3n) is 2.53. The molecule has 0 aliphatic rings. The Morgan fingerprint density at radius 2 is 2.12 bits per heavy atom.